The van der Waals surface area contributed by atoms with Gasteiger partial charge in [-0.2, -0.15) is 0 Å². The predicted molar refractivity (Wildman–Crippen MR) is 93.4 cm³/mol. The second kappa shape index (κ2) is 8.83. The molecule has 0 aliphatic carbocycles. The smallest absolute Gasteiger partial charge is 0.242 e. The lowest BCUT2D eigenvalue weighted by Crippen LogP contribution is -2.50. The van der Waals surface area contributed by atoms with Gasteiger partial charge in [-0.3, -0.25) is 9.59 Å². The van der Waals surface area contributed by atoms with E-state index in [0.717, 1.165) is 12.0 Å². The van der Waals surface area contributed by atoms with Gasteiger partial charge in [0.15, 0.2) is 0 Å². The lowest BCUT2D eigenvalue weighted by molar-refractivity contribution is -0.144. The lowest BCUT2D eigenvalue weighted by Gasteiger charge is -2.39. The van der Waals surface area contributed by atoms with Crippen LogP contribution in [0.3, 0.4) is 0 Å². The third kappa shape index (κ3) is 5.34. The zero-order chi connectivity index (χ0) is 17.5. The van der Waals surface area contributed by atoms with Crippen molar-refractivity contribution in [1.29, 1.82) is 0 Å². The van der Waals surface area contributed by atoms with Gasteiger partial charge >= 0.3 is 0 Å². The van der Waals surface area contributed by atoms with E-state index in [4.69, 9.17) is 4.74 Å². The first kappa shape index (κ1) is 18.5. The van der Waals surface area contributed by atoms with Crippen LogP contribution in [-0.4, -0.2) is 42.5 Å². The molecule has 2 rings (SSSR count). The minimum atomic E-state index is -0.0949. The Kier molecular flexibility index (Phi) is 6.79. The Morgan fingerprint density at radius 2 is 2.00 bits per heavy atom. The normalized spacial score (nSPS) is 20.9. The first-order chi connectivity index (χ1) is 11.5. The van der Waals surface area contributed by atoms with Gasteiger partial charge in [0.1, 0.15) is 0 Å². The van der Waals surface area contributed by atoms with Crippen LogP contribution in [0.5, 0.6) is 0 Å². The minimum Gasteiger partial charge on any atom is -0.374 e. The van der Waals surface area contributed by atoms with E-state index in [2.05, 4.69) is 19.2 Å². The fourth-order valence-electron chi connectivity index (χ4n) is 2.81. The number of amides is 2. The van der Waals surface area contributed by atoms with Gasteiger partial charge in [0, 0.05) is 13.0 Å². The summed E-state index contributed by atoms with van der Waals surface area (Å²) < 4.78 is 5.73. The lowest BCUT2D eigenvalue weighted by atomic mass is 10.0. The number of rotatable bonds is 6. The Morgan fingerprint density at radius 1 is 1.29 bits per heavy atom. The summed E-state index contributed by atoms with van der Waals surface area (Å²) >= 11 is 0. The molecule has 0 unspecified atom stereocenters. The molecule has 0 aromatic heterocycles. The molecule has 0 spiro atoms. The standard InChI is InChI=1S/C19H28N2O3/c1-14(2)9-10-18(22)20-11-19(23)21-12-15(3)24-13-17(21)16-7-5-4-6-8-16/h4-8,14-15,17H,9-13H2,1-3H3,(H,20,22)/t15-,17-/m1/s1. The molecule has 2 amide bonds. The van der Waals surface area contributed by atoms with E-state index in [-0.39, 0.29) is 30.5 Å². The van der Waals surface area contributed by atoms with Crippen LogP contribution in [0.4, 0.5) is 0 Å². The number of ether oxygens (including phenoxy) is 1. The summed E-state index contributed by atoms with van der Waals surface area (Å²) in [5.41, 5.74) is 1.06. The highest BCUT2D eigenvalue weighted by atomic mass is 16.5. The van der Waals surface area contributed by atoms with Crippen LogP contribution in [0.1, 0.15) is 45.2 Å². The topological polar surface area (TPSA) is 58.6 Å². The number of nitrogens with zero attached hydrogens (tertiary/aromatic N) is 1. The van der Waals surface area contributed by atoms with E-state index in [1.54, 1.807) is 0 Å². The summed E-state index contributed by atoms with van der Waals surface area (Å²) in [5, 5.41) is 2.75. The molecule has 24 heavy (non-hydrogen) atoms. The maximum absolute atomic E-state index is 12.6. The molecule has 2 atom stereocenters. The highest BCUT2D eigenvalue weighted by Crippen LogP contribution is 2.26. The Hall–Kier alpha value is -1.88. The van der Waals surface area contributed by atoms with Crippen molar-refractivity contribution in [2.24, 2.45) is 5.92 Å². The minimum absolute atomic E-state index is 0.00514. The third-order valence-electron chi connectivity index (χ3n) is 4.26. The Morgan fingerprint density at radius 3 is 2.67 bits per heavy atom. The molecule has 1 aliphatic rings. The van der Waals surface area contributed by atoms with Gasteiger partial charge in [-0.15, -0.1) is 0 Å². The van der Waals surface area contributed by atoms with E-state index >= 15 is 0 Å². The molecule has 1 N–H and O–H groups in total. The first-order valence-corrected chi connectivity index (χ1v) is 8.70. The molecule has 5 nitrogen and oxygen atoms in total. The molecule has 1 heterocycles. The van der Waals surface area contributed by atoms with Gasteiger partial charge in [0.25, 0.3) is 0 Å². The number of carbonyl (C=O) groups is 2. The van der Waals surface area contributed by atoms with Gasteiger partial charge in [-0.05, 0) is 24.8 Å². The van der Waals surface area contributed by atoms with E-state index in [1.807, 2.05) is 42.2 Å². The summed E-state index contributed by atoms with van der Waals surface area (Å²) in [7, 11) is 0. The Labute approximate surface area is 144 Å². The zero-order valence-electron chi connectivity index (χ0n) is 14.8. The van der Waals surface area contributed by atoms with Gasteiger partial charge < -0.3 is 15.0 Å². The Bertz CT molecular complexity index is 545. The second-order valence-electron chi connectivity index (χ2n) is 6.83. The van der Waals surface area contributed by atoms with Crippen LogP contribution in [0.2, 0.25) is 0 Å². The fourth-order valence-corrected chi connectivity index (χ4v) is 2.81. The van der Waals surface area contributed by atoms with E-state index in [0.29, 0.717) is 25.5 Å². The number of nitrogens with one attached hydrogen (secondary N) is 1. The SMILES string of the molecule is CC(C)CCC(=O)NCC(=O)N1C[C@@H](C)OC[C@@H]1c1ccccc1. The van der Waals surface area contributed by atoms with Crippen molar-refractivity contribution in [3.63, 3.8) is 0 Å². The molecule has 0 radical (unpaired) electrons. The van der Waals surface area contributed by atoms with Gasteiger partial charge in [0.2, 0.25) is 11.8 Å². The first-order valence-electron chi connectivity index (χ1n) is 8.70. The molecule has 132 valence electrons. The largest absolute Gasteiger partial charge is 0.374 e. The van der Waals surface area contributed by atoms with Gasteiger partial charge in [-0.25, -0.2) is 0 Å². The van der Waals surface area contributed by atoms with E-state index < -0.39 is 0 Å². The third-order valence-corrected chi connectivity index (χ3v) is 4.26. The van der Waals surface area contributed by atoms with Crippen LogP contribution in [-0.2, 0) is 14.3 Å². The molecule has 5 heteroatoms. The second-order valence-corrected chi connectivity index (χ2v) is 6.83. The average molecular weight is 332 g/mol. The molecule has 1 aromatic rings. The summed E-state index contributed by atoms with van der Waals surface area (Å²) in [5.74, 6) is 0.362. The van der Waals surface area contributed by atoms with Crippen molar-refractivity contribution in [2.45, 2.75) is 45.8 Å². The van der Waals surface area contributed by atoms with Crippen molar-refractivity contribution in [1.82, 2.24) is 10.2 Å². The molecule has 1 fully saturated rings. The molecule has 1 aromatic carbocycles. The molecule has 0 saturated carbocycles. The highest BCUT2D eigenvalue weighted by molar-refractivity contribution is 5.85. The van der Waals surface area contributed by atoms with Crippen molar-refractivity contribution in [3.8, 4) is 0 Å². The Balaban J connectivity index is 1.95. The number of hydrogen-bond acceptors (Lipinski definition) is 3. The van der Waals surface area contributed by atoms with E-state index in [1.165, 1.54) is 0 Å². The average Bonchev–Trinajstić information content (AvgIpc) is 2.58. The highest BCUT2D eigenvalue weighted by Gasteiger charge is 2.31. The monoisotopic (exact) mass is 332 g/mol. The molecular formula is C19H28N2O3. The number of carbonyl (C=O) groups excluding carboxylic acids is 2. The van der Waals surface area contributed by atoms with Crippen molar-refractivity contribution < 1.29 is 14.3 Å². The van der Waals surface area contributed by atoms with Crippen molar-refractivity contribution >= 4 is 11.8 Å². The molecule has 1 saturated heterocycles. The summed E-state index contributed by atoms with van der Waals surface area (Å²) in [6.45, 7) is 7.20. The zero-order valence-corrected chi connectivity index (χ0v) is 14.8. The quantitative estimate of drug-likeness (QED) is 0.871. The predicted octanol–water partition coefficient (Wildman–Crippen LogP) is 2.53. The van der Waals surface area contributed by atoms with Gasteiger partial charge in [-0.1, -0.05) is 44.2 Å². The number of benzene rings is 1. The van der Waals surface area contributed by atoms with E-state index in [9.17, 15) is 9.59 Å². The summed E-state index contributed by atoms with van der Waals surface area (Å²) in [6, 6.07) is 9.80. The van der Waals surface area contributed by atoms with Crippen LogP contribution < -0.4 is 5.32 Å². The van der Waals surface area contributed by atoms with Crippen LogP contribution in [0, 0.1) is 5.92 Å². The van der Waals surface area contributed by atoms with Crippen molar-refractivity contribution in [2.75, 3.05) is 19.7 Å². The fraction of sp³-hybridized carbons (Fsp3) is 0.579. The maximum Gasteiger partial charge on any atom is 0.242 e. The molecule has 1 aliphatic heterocycles. The molecule has 0 bridgehead atoms. The van der Waals surface area contributed by atoms with Crippen molar-refractivity contribution in [3.05, 3.63) is 35.9 Å². The van der Waals surface area contributed by atoms with Gasteiger partial charge in [0.05, 0.1) is 25.3 Å². The number of morpholine rings is 1. The van der Waals surface area contributed by atoms with Crippen LogP contribution in [0.25, 0.3) is 0 Å². The maximum atomic E-state index is 12.6. The summed E-state index contributed by atoms with van der Waals surface area (Å²) in [6.07, 6.45) is 1.30. The number of hydrogen-bond donors (Lipinski definition) is 1. The van der Waals surface area contributed by atoms with Crippen LogP contribution >= 0.6 is 0 Å². The van der Waals surface area contributed by atoms with Crippen LogP contribution in [0.15, 0.2) is 30.3 Å². The summed E-state index contributed by atoms with van der Waals surface area (Å²) in [4.78, 5) is 26.3. The molecular weight excluding hydrogens is 304 g/mol.